The van der Waals surface area contributed by atoms with Gasteiger partial charge in [-0.15, -0.1) is 15.0 Å². The molecule has 1 heterocycles. The minimum absolute atomic E-state index is 0.0518. The fraction of sp³-hybridized carbons (Fsp3) is 0.200. The number of phenols is 2. The maximum absolute atomic E-state index is 11.9. The molecule has 2 N–H and O–H groups in total. The van der Waals surface area contributed by atoms with Gasteiger partial charge in [0.05, 0.1) is 0 Å². The molecule has 0 amide bonds. The highest BCUT2D eigenvalue weighted by Crippen LogP contribution is 2.49. The van der Waals surface area contributed by atoms with Gasteiger partial charge < -0.3 is 10.2 Å². The molecule has 0 aliphatic carbocycles. The Bertz CT molecular complexity index is 1470. The van der Waals surface area contributed by atoms with Gasteiger partial charge in [0.25, 0.3) is 0 Å². The molecule has 0 aliphatic heterocycles. The van der Waals surface area contributed by atoms with Crippen molar-refractivity contribution in [2.75, 3.05) is 0 Å². The van der Waals surface area contributed by atoms with E-state index in [4.69, 9.17) is 0 Å². The van der Waals surface area contributed by atoms with E-state index in [1.807, 2.05) is 113 Å². The molecule has 0 unspecified atom stereocenters. The average molecular weight is 464 g/mol. The van der Waals surface area contributed by atoms with Crippen molar-refractivity contribution in [3.8, 4) is 17.2 Å². The molecule has 1 aromatic heterocycles. The lowest BCUT2D eigenvalue weighted by molar-refractivity contribution is 0.420. The molecule has 0 saturated carbocycles. The molecule has 5 aromatic rings. The number of benzene rings is 4. The third-order valence-electron chi connectivity index (χ3n) is 7.03. The number of aromatic nitrogens is 3. The molecular weight excluding hydrogens is 434 g/mol. The summed E-state index contributed by atoms with van der Waals surface area (Å²) in [5.41, 5.74) is 3.77. The van der Waals surface area contributed by atoms with Crippen LogP contribution in [0.3, 0.4) is 0 Å². The van der Waals surface area contributed by atoms with Gasteiger partial charge in [-0.1, -0.05) is 100 Å². The molecule has 0 radical (unpaired) electrons. The van der Waals surface area contributed by atoms with E-state index < -0.39 is 10.8 Å². The Morgan fingerprint density at radius 3 is 1.60 bits per heavy atom. The summed E-state index contributed by atoms with van der Waals surface area (Å²) in [4.78, 5) is 1.46. The molecule has 0 bridgehead atoms. The second kappa shape index (κ2) is 8.27. The Morgan fingerprint density at radius 2 is 1.09 bits per heavy atom. The molecule has 5 rings (SSSR count). The van der Waals surface area contributed by atoms with E-state index in [0.717, 1.165) is 11.1 Å². The predicted molar refractivity (Wildman–Crippen MR) is 139 cm³/mol. The highest BCUT2D eigenvalue weighted by Gasteiger charge is 2.37. The van der Waals surface area contributed by atoms with E-state index in [1.165, 1.54) is 4.80 Å². The Kier molecular flexibility index (Phi) is 5.36. The van der Waals surface area contributed by atoms with Crippen LogP contribution < -0.4 is 0 Å². The largest absolute Gasteiger partial charge is 0.508 e. The van der Waals surface area contributed by atoms with Gasteiger partial charge in [0, 0.05) is 22.0 Å². The fourth-order valence-corrected chi connectivity index (χ4v) is 4.90. The maximum atomic E-state index is 11.9. The third kappa shape index (κ3) is 3.73. The monoisotopic (exact) mass is 463 g/mol. The summed E-state index contributed by atoms with van der Waals surface area (Å²) in [6.45, 7) is 8.14. The number of hydrogen-bond acceptors (Lipinski definition) is 4. The molecule has 5 heteroatoms. The molecule has 35 heavy (non-hydrogen) atoms. The molecule has 0 saturated heterocycles. The van der Waals surface area contributed by atoms with Crippen LogP contribution in [0.4, 0.5) is 0 Å². The topological polar surface area (TPSA) is 71.2 Å². The number of fused-ring (bicyclic) bond motifs is 1. The van der Waals surface area contributed by atoms with Gasteiger partial charge in [-0.3, -0.25) is 0 Å². The van der Waals surface area contributed by atoms with Gasteiger partial charge >= 0.3 is 0 Å². The first-order valence-corrected chi connectivity index (χ1v) is 11.7. The van der Waals surface area contributed by atoms with Crippen LogP contribution in [0, 0.1) is 0 Å². The predicted octanol–water partition coefficient (Wildman–Crippen LogP) is 6.48. The summed E-state index contributed by atoms with van der Waals surface area (Å²) in [7, 11) is 0. The average Bonchev–Trinajstić information content (AvgIpc) is 3.29. The second-order valence-electron chi connectivity index (χ2n) is 9.98. The van der Waals surface area contributed by atoms with Crippen molar-refractivity contribution in [3.05, 3.63) is 113 Å². The number of rotatable bonds is 5. The van der Waals surface area contributed by atoms with E-state index in [1.54, 1.807) is 6.07 Å². The summed E-state index contributed by atoms with van der Waals surface area (Å²) in [6.07, 6.45) is 0. The lowest BCUT2D eigenvalue weighted by Gasteiger charge is -2.33. The van der Waals surface area contributed by atoms with Crippen molar-refractivity contribution in [3.63, 3.8) is 0 Å². The maximum Gasteiger partial charge on any atom is 0.147 e. The summed E-state index contributed by atoms with van der Waals surface area (Å²) >= 11 is 0. The Labute approximate surface area is 205 Å². The van der Waals surface area contributed by atoms with Gasteiger partial charge in [-0.25, -0.2) is 0 Å². The zero-order valence-corrected chi connectivity index (χ0v) is 20.4. The van der Waals surface area contributed by atoms with Crippen molar-refractivity contribution in [2.45, 2.75) is 38.5 Å². The van der Waals surface area contributed by atoms with Crippen molar-refractivity contribution in [1.82, 2.24) is 15.0 Å². The second-order valence-corrected chi connectivity index (χ2v) is 9.98. The van der Waals surface area contributed by atoms with Crippen LogP contribution in [0.15, 0.2) is 91.0 Å². The van der Waals surface area contributed by atoms with Crippen LogP contribution in [-0.2, 0) is 10.8 Å². The Hall–Kier alpha value is -4.12. The smallest absolute Gasteiger partial charge is 0.147 e. The number of aromatic hydroxyl groups is 2. The molecular formula is C30H29N3O2. The van der Waals surface area contributed by atoms with E-state index in [2.05, 4.69) is 10.2 Å². The van der Waals surface area contributed by atoms with Crippen LogP contribution in [0.2, 0.25) is 0 Å². The molecule has 0 atom stereocenters. The Balaban J connectivity index is 1.84. The zero-order valence-electron chi connectivity index (χ0n) is 20.4. The fourth-order valence-electron chi connectivity index (χ4n) is 4.90. The number of phenolic OH excluding ortho intramolecular Hbond substituents is 2. The van der Waals surface area contributed by atoms with Crippen LogP contribution >= 0.6 is 0 Å². The minimum Gasteiger partial charge on any atom is -0.508 e. The minimum atomic E-state index is -0.645. The quantitative estimate of drug-likeness (QED) is 0.293. The summed E-state index contributed by atoms with van der Waals surface area (Å²) in [5, 5.41) is 32.8. The highest BCUT2D eigenvalue weighted by atomic mass is 16.3. The molecule has 0 fully saturated rings. The first-order chi connectivity index (χ1) is 16.7. The summed E-state index contributed by atoms with van der Waals surface area (Å²) < 4.78 is 0. The summed E-state index contributed by atoms with van der Waals surface area (Å²) in [5.74, 6) is 0.142. The molecule has 5 nitrogen and oxygen atoms in total. The molecule has 0 aliphatic rings. The molecule has 4 aromatic carbocycles. The van der Waals surface area contributed by atoms with Gasteiger partial charge in [-0.05, 0) is 29.3 Å². The Morgan fingerprint density at radius 1 is 0.629 bits per heavy atom. The van der Waals surface area contributed by atoms with Crippen LogP contribution in [-0.4, -0.2) is 25.2 Å². The van der Waals surface area contributed by atoms with Crippen molar-refractivity contribution in [2.24, 2.45) is 0 Å². The van der Waals surface area contributed by atoms with Crippen LogP contribution in [0.5, 0.6) is 11.5 Å². The lowest BCUT2D eigenvalue weighted by Crippen LogP contribution is -2.25. The van der Waals surface area contributed by atoms with E-state index in [9.17, 15) is 10.2 Å². The van der Waals surface area contributed by atoms with Crippen molar-refractivity contribution in [1.29, 1.82) is 0 Å². The van der Waals surface area contributed by atoms with Gasteiger partial charge in [-0.2, -0.15) is 0 Å². The standard InChI is InChI=1S/C30H29N3O2/c1-29(2,20-13-7-5-8-14-20)22-19-25(34)26(30(3,4)21-15-9-6-10-16-21)27(28(22)35)33-31-23-17-11-12-18-24(23)32-33/h5-19,34-35H,1-4H3. The SMILES string of the molecule is CC(C)(c1ccccc1)c1cc(O)c(C(C)(C)c2ccccc2)c(-n2nc3ccccc3n2)c1O. The van der Waals surface area contributed by atoms with Crippen molar-refractivity contribution >= 4 is 11.0 Å². The van der Waals surface area contributed by atoms with Gasteiger partial charge in [0.15, 0.2) is 0 Å². The van der Waals surface area contributed by atoms with Crippen LogP contribution in [0.25, 0.3) is 16.7 Å². The first-order valence-electron chi connectivity index (χ1n) is 11.7. The van der Waals surface area contributed by atoms with Crippen LogP contribution in [0.1, 0.15) is 49.9 Å². The first kappa shape index (κ1) is 22.7. The van der Waals surface area contributed by atoms with E-state index in [-0.39, 0.29) is 11.5 Å². The van der Waals surface area contributed by atoms with Crippen molar-refractivity contribution < 1.29 is 10.2 Å². The zero-order chi connectivity index (χ0) is 24.8. The molecule has 0 spiro atoms. The van der Waals surface area contributed by atoms with Gasteiger partial charge in [0.1, 0.15) is 28.2 Å². The highest BCUT2D eigenvalue weighted by molar-refractivity contribution is 5.75. The van der Waals surface area contributed by atoms with E-state index in [0.29, 0.717) is 27.8 Å². The number of hydrogen-bond donors (Lipinski definition) is 2. The third-order valence-corrected chi connectivity index (χ3v) is 7.03. The lowest BCUT2D eigenvalue weighted by atomic mass is 9.73. The molecule has 176 valence electrons. The normalized spacial score (nSPS) is 12.2. The number of nitrogens with zero attached hydrogens (tertiary/aromatic N) is 3. The van der Waals surface area contributed by atoms with Gasteiger partial charge in [0.2, 0.25) is 0 Å². The summed E-state index contributed by atoms with van der Waals surface area (Å²) in [6, 6.07) is 29.2. The van der Waals surface area contributed by atoms with E-state index >= 15 is 0 Å².